The molecule has 1 heterocycles. The van der Waals surface area contributed by atoms with Gasteiger partial charge in [0.1, 0.15) is 11.5 Å². The van der Waals surface area contributed by atoms with Gasteiger partial charge in [-0.15, -0.1) is 0 Å². The van der Waals surface area contributed by atoms with E-state index in [2.05, 4.69) is 16.0 Å². The number of carbonyl (C=O) groups is 2. The second-order valence-corrected chi connectivity index (χ2v) is 6.61. The van der Waals surface area contributed by atoms with Crippen LogP contribution in [0.1, 0.15) is 33.4 Å². The van der Waals surface area contributed by atoms with Crippen LogP contribution in [-0.4, -0.2) is 23.5 Å². The number of thiocarbonyl (C=S) groups is 1. The highest BCUT2D eigenvalue weighted by atomic mass is 32.1. The van der Waals surface area contributed by atoms with Gasteiger partial charge < -0.3 is 19.8 Å². The maximum Gasteiger partial charge on any atom is 0.257 e. The Bertz CT molecular complexity index is 1000. The SMILES string of the molecule is CCOc1ccc(C(=O)NC(=S)Nc2ccc(C(=O)NCc3ccco3)cc2)cc1. The molecule has 0 bridgehead atoms. The zero-order valence-corrected chi connectivity index (χ0v) is 17.1. The number of rotatable bonds is 7. The maximum atomic E-state index is 12.3. The minimum atomic E-state index is -0.329. The standard InChI is InChI=1S/C22H21N3O4S/c1-2-28-18-11-7-16(8-12-18)21(27)25-22(30)24-17-9-5-15(6-10-17)20(26)23-14-19-4-3-13-29-19/h3-13H,2,14H2,1H3,(H,23,26)(H2,24,25,27,30). The van der Waals surface area contributed by atoms with Crippen molar-refractivity contribution in [3.8, 4) is 5.75 Å². The smallest absolute Gasteiger partial charge is 0.257 e. The van der Waals surface area contributed by atoms with E-state index in [-0.39, 0.29) is 16.9 Å². The Hall–Kier alpha value is -3.65. The molecule has 0 aliphatic heterocycles. The summed E-state index contributed by atoms with van der Waals surface area (Å²) in [4.78, 5) is 24.5. The molecule has 0 saturated heterocycles. The number of anilines is 1. The average Bonchev–Trinajstić information content (AvgIpc) is 3.27. The van der Waals surface area contributed by atoms with Crippen LogP contribution in [0.2, 0.25) is 0 Å². The number of nitrogens with one attached hydrogen (secondary N) is 3. The van der Waals surface area contributed by atoms with Crippen LogP contribution in [-0.2, 0) is 6.54 Å². The minimum absolute atomic E-state index is 0.156. The maximum absolute atomic E-state index is 12.3. The second kappa shape index (κ2) is 10.2. The Balaban J connectivity index is 1.50. The molecule has 1 aromatic heterocycles. The molecule has 8 heteroatoms. The van der Waals surface area contributed by atoms with E-state index in [0.717, 1.165) is 0 Å². The number of benzene rings is 2. The lowest BCUT2D eigenvalue weighted by Gasteiger charge is -2.11. The summed E-state index contributed by atoms with van der Waals surface area (Å²) >= 11 is 5.19. The summed E-state index contributed by atoms with van der Waals surface area (Å²) in [5.74, 6) is 0.826. The monoisotopic (exact) mass is 423 g/mol. The topological polar surface area (TPSA) is 92.6 Å². The van der Waals surface area contributed by atoms with E-state index in [1.165, 1.54) is 0 Å². The van der Waals surface area contributed by atoms with Crippen LogP contribution >= 0.6 is 12.2 Å². The average molecular weight is 423 g/mol. The van der Waals surface area contributed by atoms with E-state index in [1.54, 1.807) is 66.9 Å². The third-order valence-electron chi connectivity index (χ3n) is 4.06. The van der Waals surface area contributed by atoms with E-state index in [4.69, 9.17) is 21.4 Å². The van der Waals surface area contributed by atoms with Gasteiger partial charge in [-0.1, -0.05) is 0 Å². The molecule has 2 aromatic carbocycles. The highest BCUT2D eigenvalue weighted by Crippen LogP contribution is 2.13. The molecule has 2 amide bonds. The Morgan fingerprint density at radius 2 is 1.63 bits per heavy atom. The van der Waals surface area contributed by atoms with Crippen molar-refractivity contribution in [3.05, 3.63) is 83.8 Å². The van der Waals surface area contributed by atoms with Crippen LogP contribution in [0.3, 0.4) is 0 Å². The number of ether oxygens (including phenoxy) is 1. The van der Waals surface area contributed by atoms with Crippen molar-refractivity contribution in [3.63, 3.8) is 0 Å². The van der Waals surface area contributed by atoms with Crippen molar-refractivity contribution in [1.29, 1.82) is 0 Å². The summed E-state index contributed by atoms with van der Waals surface area (Å²) in [5.41, 5.74) is 1.61. The van der Waals surface area contributed by atoms with Gasteiger partial charge in [-0.25, -0.2) is 0 Å². The molecule has 7 nitrogen and oxygen atoms in total. The van der Waals surface area contributed by atoms with Crippen molar-refractivity contribution in [2.75, 3.05) is 11.9 Å². The fourth-order valence-electron chi connectivity index (χ4n) is 2.59. The quantitative estimate of drug-likeness (QED) is 0.502. The highest BCUT2D eigenvalue weighted by molar-refractivity contribution is 7.80. The minimum Gasteiger partial charge on any atom is -0.494 e. The first-order valence-corrected chi connectivity index (χ1v) is 9.72. The van der Waals surface area contributed by atoms with Gasteiger partial charge in [-0.3, -0.25) is 14.9 Å². The Kier molecular flexibility index (Phi) is 7.18. The molecule has 154 valence electrons. The molecule has 3 aromatic rings. The first kappa shape index (κ1) is 21.1. The van der Waals surface area contributed by atoms with Crippen molar-refractivity contribution in [2.45, 2.75) is 13.5 Å². The molecule has 0 aliphatic carbocycles. The normalized spacial score (nSPS) is 10.2. The number of amides is 2. The third kappa shape index (κ3) is 5.92. The van der Waals surface area contributed by atoms with E-state index in [1.807, 2.05) is 6.92 Å². The van der Waals surface area contributed by atoms with Crippen molar-refractivity contribution in [1.82, 2.24) is 10.6 Å². The molecule has 0 unspecified atom stereocenters. The summed E-state index contributed by atoms with van der Waals surface area (Å²) in [6.45, 7) is 2.77. The molecule has 30 heavy (non-hydrogen) atoms. The number of carbonyl (C=O) groups excluding carboxylic acids is 2. The van der Waals surface area contributed by atoms with Gasteiger partial charge in [0, 0.05) is 16.8 Å². The Labute approximate surface area is 179 Å². The molecule has 0 radical (unpaired) electrons. The zero-order chi connectivity index (χ0) is 21.3. The summed E-state index contributed by atoms with van der Waals surface area (Å²) in [6.07, 6.45) is 1.56. The molecule has 0 saturated carbocycles. The number of hydrogen-bond donors (Lipinski definition) is 3. The molecule has 0 spiro atoms. The predicted octanol–water partition coefficient (Wildman–Crippen LogP) is 3.74. The van der Waals surface area contributed by atoms with Gasteiger partial charge in [-0.05, 0) is 79.8 Å². The predicted molar refractivity (Wildman–Crippen MR) is 118 cm³/mol. The van der Waals surface area contributed by atoms with Crippen molar-refractivity contribution < 1.29 is 18.7 Å². The van der Waals surface area contributed by atoms with Crippen molar-refractivity contribution >= 4 is 34.8 Å². The van der Waals surface area contributed by atoms with Gasteiger partial charge in [0.25, 0.3) is 11.8 Å². The first-order valence-electron chi connectivity index (χ1n) is 9.31. The van der Waals surface area contributed by atoms with Gasteiger partial charge in [-0.2, -0.15) is 0 Å². The van der Waals surface area contributed by atoms with Crippen LogP contribution in [0, 0.1) is 0 Å². The molecular formula is C22H21N3O4S. The molecular weight excluding hydrogens is 402 g/mol. The largest absolute Gasteiger partial charge is 0.494 e. The first-order chi connectivity index (χ1) is 14.5. The fourth-order valence-corrected chi connectivity index (χ4v) is 2.80. The van der Waals surface area contributed by atoms with Crippen molar-refractivity contribution in [2.24, 2.45) is 0 Å². The van der Waals surface area contributed by atoms with Crippen LogP contribution in [0.4, 0.5) is 5.69 Å². The van der Waals surface area contributed by atoms with Gasteiger partial charge in [0.05, 0.1) is 19.4 Å². The van der Waals surface area contributed by atoms with E-state index >= 15 is 0 Å². The van der Waals surface area contributed by atoms with Crippen LogP contribution in [0.5, 0.6) is 5.75 Å². The van der Waals surface area contributed by atoms with Crippen LogP contribution < -0.4 is 20.7 Å². The lowest BCUT2D eigenvalue weighted by Crippen LogP contribution is -2.34. The number of hydrogen-bond acceptors (Lipinski definition) is 5. The summed E-state index contributed by atoms with van der Waals surface area (Å²) in [5, 5.41) is 8.47. The summed E-state index contributed by atoms with van der Waals surface area (Å²) < 4.78 is 10.5. The third-order valence-corrected chi connectivity index (χ3v) is 4.27. The Morgan fingerprint density at radius 1 is 0.967 bits per heavy atom. The van der Waals surface area contributed by atoms with Gasteiger partial charge >= 0.3 is 0 Å². The van der Waals surface area contributed by atoms with E-state index in [9.17, 15) is 9.59 Å². The fraction of sp³-hybridized carbons (Fsp3) is 0.136. The van der Waals surface area contributed by atoms with E-state index in [0.29, 0.717) is 41.5 Å². The van der Waals surface area contributed by atoms with Crippen LogP contribution in [0.25, 0.3) is 0 Å². The molecule has 3 rings (SSSR count). The molecule has 0 atom stereocenters. The van der Waals surface area contributed by atoms with E-state index < -0.39 is 0 Å². The Morgan fingerprint density at radius 3 is 2.27 bits per heavy atom. The summed E-state index contributed by atoms with van der Waals surface area (Å²) in [7, 11) is 0. The zero-order valence-electron chi connectivity index (χ0n) is 16.3. The van der Waals surface area contributed by atoms with Gasteiger partial charge in [0.15, 0.2) is 5.11 Å². The second-order valence-electron chi connectivity index (χ2n) is 6.21. The lowest BCUT2D eigenvalue weighted by atomic mass is 10.2. The summed E-state index contributed by atoms with van der Waals surface area (Å²) in [6, 6.07) is 17.1. The van der Waals surface area contributed by atoms with Gasteiger partial charge in [0.2, 0.25) is 0 Å². The van der Waals surface area contributed by atoms with Crippen LogP contribution in [0.15, 0.2) is 71.3 Å². The highest BCUT2D eigenvalue weighted by Gasteiger charge is 2.10. The lowest BCUT2D eigenvalue weighted by molar-refractivity contribution is 0.0946. The molecule has 0 fully saturated rings. The molecule has 0 aliphatic rings. The number of furan rings is 1. The molecule has 3 N–H and O–H groups in total.